The van der Waals surface area contributed by atoms with E-state index in [2.05, 4.69) is 33.8 Å². The van der Waals surface area contributed by atoms with E-state index in [0.29, 0.717) is 17.6 Å². The summed E-state index contributed by atoms with van der Waals surface area (Å²) in [6.45, 7) is 8.54. The van der Waals surface area contributed by atoms with Gasteiger partial charge in [0.15, 0.2) is 0 Å². The zero-order chi connectivity index (χ0) is 10.7. The van der Waals surface area contributed by atoms with E-state index in [1.807, 2.05) is 12.1 Å². The molecule has 0 fully saturated rings. The van der Waals surface area contributed by atoms with Crippen LogP contribution in [0.15, 0.2) is 18.2 Å². The lowest BCUT2D eigenvalue weighted by Gasteiger charge is -2.13. The Kier molecular flexibility index (Phi) is 3.56. The number of phenols is 1. The summed E-state index contributed by atoms with van der Waals surface area (Å²) in [5.41, 5.74) is 2.27. The van der Waals surface area contributed by atoms with Crippen LogP contribution in [0.5, 0.6) is 5.75 Å². The minimum atomic E-state index is 0.390. The Morgan fingerprint density at radius 1 is 1.21 bits per heavy atom. The summed E-state index contributed by atoms with van der Waals surface area (Å²) in [6.07, 6.45) is 1.11. The van der Waals surface area contributed by atoms with E-state index < -0.39 is 0 Å². The second kappa shape index (κ2) is 4.50. The molecule has 0 saturated heterocycles. The van der Waals surface area contributed by atoms with Gasteiger partial charge < -0.3 is 5.11 Å². The van der Waals surface area contributed by atoms with Gasteiger partial charge in [-0.3, -0.25) is 0 Å². The van der Waals surface area contributed by atoms with Gasteiger partial charge in [-0.1, -0.05) is 39.8 Å². The zero-order valence-corrected chi connectivity index (χ0v) is 9.54. The third-order valence-electron chi connectivity index (χ3n) is 2.86. The summed E-state index contributed by atoms with van der Waals surface area (Å²) in [6, 6.07) is 6.08. The van der Waals surface area contributed by atoms with Crippen LogP contribution in [0.4, 0.5) is 0 Å². The lowest BCUT2D eigenvalue weighted by Crippen LogP contribution is -1.94. The highest BCUT2D eigenvalue weighted by Crippen LogP contribution is 2.29. The molecule has 0 radical (unpaired) electrons. The molecule has 0 saturated carbocycles. The molecule has 1 nitrogen and oxygen atoms in total. The van der Waals surface area contributed by atoms with Crippen LogP contribution in [0.25, 0.3) is 0 Å². The minimum Gasteiger partial charge on any atom is -0.508 e. The van der Waals surface area contributed by atoms with Gasteiger partial charge in [0.05, 0.1) is 0 Å². The van der Waals surface area contributed by atoms with Gasteiger partial charge in [0, 0.05) is 0 Å². The van der Waals surface area contributed by atoms with Crippen molar-refractivity contribution >= 4 is 0 Å². The molecule has 0 aromatic heterocycles. The van der Waals surface area contributed by atoms with E-state index in [1.165, 1.54) is 5.56 Å². The van der Waals surface area contributed by atoms with Crippen LogP contribution in [-0.4, -0.2) is 5.11 Å². The van der Waals surface area contributed by atoms with E-state index in [9.17, 15) is 5.11 Å². The molecule has 1 rings (SSSR count). The van der Waals surface area contributed by atoms with Gasteiger partial charge in [-0.05, 0) is 35.4 Å². The third kappa shape index (κ3) is 2.28. The number of aromatic hydroxyl groups is 1. The van der Waals surface area contributed by atoms with Crippen LogP contribution in [0.2, 0.25) is 0 Å². The molecule has 0 aliphatic rings. The fourth-order valence-corrected chi connectivity index (χ4v) is 1.59. The number of rotatable bonds is 3. The molecule has 0 spiro atoms. The SMILES string of the molecule is CCC(C)c1ccc(C(C)C)c(O)c1. The maximum Gasteiger partial charge on any atom is 0.119 e. The molecular weight excluding hydrogens is 172 g/mol. The molecule has 1 N–H and O–H groups in total. The molecule has 0 amide bonds. The second-order valence-corrected chi connectivity index (χ2v) is 4.28. The average Bonchev–Trinajstić information content (AvgIpc) is 2.15. The van der Waals surface area contributed by atoms with Gasteiger partial charge in [0.2, 0.25) is 0 Å². The Hall–Kier alpha value is -0.980. The first-order valence-electron chi connectivity index (χ1n) is 5.39. The van der Waals surface area contributed by atoms with Crippen molar-refractivity contribution in [1.29, 1.82) is 0 Å². The molecule has 14 heavy (non-hydrogen) atoms. The lowest BCUT2D eigenvalue weighted by molar-refractivity contribution is 0.463. The molecule has 1 unspecified atom stereocenters. The Morgan fingerprint density at radius 3 is 2.29 bits per heavy atom. The topological polar surface area (TPSA) is 20.2 Å². The van der Waals surface area contributed by atoms with Crippen molar-refractivity contribution in [2.75, 3.05) is 0 Å². The maximum absolute atomic E-state index is 9.81. The fourth-order valence-electron chi connectivity index (χ4n) is 1.59. The van der Waals surface area contributed by atoms with E-state index in [0.717, 1.165) is 12.0 Å². The van der Waals surface area contributed by atoms with Crippen molar-refractivity contribution in [2.24, 2.45) is 0 Å². The summed E-state index contributed by atoms with van der Waals surface area (Å²) in [5, 5.41) is 9.81. The van der Waals surface area contributed by atoms with Crippen LogP contribution >= 0.6 is 0 Å². The molecule has 0 bridgehead atoms. The standard InChI is InChI=1S/C13H20O/c1-5-10(4)11-6-7-12(9(2)3)13(14)8-11/h6-10,14H,5H2,1-4H3. The van der Waals surface area contributed by atoms with E-state index in [4.69, 9.17) is 0 Å². The molecule has 0 heterocycles. The van der Waals surface area contributed by atoms with Gasteiger partial charge in [-0.15, -0.1) is 0 Å². The van der Waals surface area contributed by atoms with Crippen LogP contribution in [-0.2, 0) is 0 Å². The smallest absolute Gasteiger partial charge is 0.119 e. The van der Waals surface area contributed by atoms with Gasteiger partial charge >= 0.3 is 0 Å². The molecular formula is C13H20O. The Morgan fingerprint density at radius 2 is 1.86 bits per heavy atom. The van der Waals surface area contributed by atoms with Gasteiger partial charge in [0.25, 0.3) is 0 Å². The number of hydrogen-bond acceptors (Lipinski definition) is 1. The van der Waals surface area contributed by atoms with Crippen molar-refractivity contribution in [1.82, 2.24) is 0 Å². The maximum atomic E-state index is 9.81. The van der Waals surface area contributed by atoms with E-state index in [1.54, 1.807) is 0 Å². The normalized spacial score (nSPS) is 13.2. The molecule has 1 aromatic carbocycles. The Labute approximate surface area is 86.8 Å². The van der Waals surface area contributed by atoms with Crippen molar-refractivity contribution in [3.63, 3.8) is 0 Å². The average molecular weight is 192 g/mol. The number of hydrogen-bond donors (Lipinski definition) is 1. The molecule has 1 atom stereocenters. The van der Waals surface area contributed by atoms with Crippen LogP contribution in [0.1, 0.15) is 57.1 Å². The lowest BCUT2D eigenvalue weighted by atomic mass is 9.94. The highest BCUT2D eigenvalue weighted by atomic mass is 16.3. The van der Waals surface area contributed by atoms with Crippen LogP contribution in [0, 0.1) is 0 Å². The molecule has 0 aliphatic carbocycles. The summed E-state index contributed by atoms with van der Waals surface area (Å²) in [4.78, 5) is 0. The summed E-state index contributed by atoms with van der Waals surface area (Å²) in [7, 11) is 0. The van der Waals surface area contributed by atoms with Crippen molar-refractivity contribution in [3.05, 3.63) is 29.3 Å². The van der Waals surface area contributed by atoms with Gasteiger partial charge in [-0.2, -0.15) is 0 Å². The molecule has 78 valence electrons. The van der Waals surface area contributed by atoms with E-state index in [-0.39, 0.29) is 0 Å². The Bertz CT molecular complexity index is 302. The predicted molar refractivity (Wildman–Crippen MR) is 60.9 cm³/mol. The first kappa shape index (κ1) is 11.1. The van der Waals surface area contributed by atoms with Crippen molar-refractivity contribution in [3.8, 4) is 5.75 Å². The highest BCUT2D eigenvalue weighted by molar-refractivity contribution is 5.39. The fraction of sp³-hybridized carbons (Fsp3) is 0.538. The summed E-state index contributed by atoms with van der Waals surface area (Å²) in [5.74, 6) is 1.36. The monoisotopic (exact) mass is 192 g/mol. The number of phenolic OH excluding ortho intramolecular Hbond substituents is 1. The van der Waals surface area contributed by atoms with E-state index >= 15 is 0 Å². The summed E-state index contributed by atoms with van der Waals surface area (Å²) >= 11 is 0. The second-order valence-electron chi connectivity index (χ2n) is 4.28. The number of benzene rings is 1. The van der Waals surface area contributed by atoms with Crippen molar-refractivity contribution < 1.29 is 5.11 Å². The first-order valence-corrected chi connectivity index (χ1v) is 5.39. The van der Waals surface area contributed by atoms with Crippen LogP contribution in [0.3, 0.4) is 0 Å². The summed E-state index contributed by atoms with van der Waals surface area (Å²) < 4.78 is 0. The highest BCUT2D eigenvalue weighted by Gasteiger charge is 2.09. The molecule has 1 heteroatoms. The largest absolute Gasteiger partial charge is 0.508 e. The molecule has 0 aliphatic heterocycles. The van der Waals surface area contributed by atoms with Gasteiger partial charge in [0.1, 0.15) is 5.75 Å². The predicted octanol–water partition coefficient (Wildman–Crippen LogP) is 4.03. The first-order chi connectivity index (χ1) is 6.56. The third-order valence-corrected chi connectivity index (χ3v) is 2.86. The van der Waals surface area contributed by atoms with Crippen LogP contribution < -0.4 is 0 Å². The van der Waals surface area contributed by atoms with Gasteiger partial charge in [-0.25, -0.2) is 0 Å². The zero-order valence-electron chi connectivity index (χ0n) is 9.54. The van der Waals surface area contributed by atoms with Crippen molar-refractivity contribution in [2.45, 2.75) is 46.0 Å². The molecule has 1 aromatic rings. The quantitative estimate of drug-likeness (QED) is 0.766. The Balaban J connectivity index is 3.00. The minimum absolute atomic E-state index is 0.390.